The van der Waals surface area contributed by atoms with Crippen LogP contribution in [0.1, 0.15) is 32.4 Å². The molecular formula is C15H23N2O4P. The molecule has 1 fully saturated rings. The lowest BCUT2D eigenvalue weighted by Gasteiger charge is -2.31. The molecule has 0 unspecified atom stereocenters. The maximum atomic E-state index is 13.1. The second-order valence-corrected chi connectivity index (χ2v) is 7.02. The van der Waals surface area contributed by atoms with Crippen molar-refractivity contribution >= 4 is 13.8 Å². The van der Waals surface area contributed by atoms with Gasteiger partial charge in [-0.2, -0.15) is 0 Å². The zero-order chi connectivity index (χ0) is 16.3. The van der Waals surface area contributed by atoms with Crippen LogP contribution >= 0.6 is 7.75 Å². The summed E-state index contributed by atoms with van der Waals surface area (Å²) in [6.07, 6.45) is 0. The van der Waals surface area contributed by atoms with Crippen molar-refractivity contribution in [2.75, 3.05) is 20.3 Å². The number of benzene rings is 1. The minimum atomic E-state index is -3.68. The molecule has 22 heavy (non-hydrogen) atoms. The summed E-state index contributed by atoms with van der Waals surface area (Å²) in [5.74, 6) is 0. The fourth-order valence-electron chi connectivity index (χ4n) is 2.69. The molecule has 1 aromatic carbocycles. The SMILES string of the molecule is CCOP(=O)(OCC)N1C(=O)N(C)[C@@H](C)[C@H]1c1ccccc1. The highest BCUT2D eigenvalue weighted by Crippen LogP contribution is 2.59. The minimum absolute atomic E-state index is 0.135. The predicted molar refractivity (Wildman–Crippen MR) is 84.5 cm³/mol. The van der Waals surface area contributed by atoms with Crippen LogP contribution in [0, 0.1) is 0 Å². The van der Waals surface area contributed by atoms with Gasteiger partial charge in [-0.25, -0.2) is 14.0 Å². The molecule has 7 heteroatoms. The van der Waals surface area contributed by atoms with Gasteiger partial charge < -0.3 is 4.90 Å². The maximum Gasteiger partial charge on any atom is 0.439 e. The average molecular weight is 326 g/mol. The molecule has 0 saturated carbocycles. The van der Waals surface area contributed by atoms with Gasteiger partial charge in [-0.3, -0.25) is 9.05 Å². The van der Waals surface area contributed by atoms with E-state index >= 15 is 0 Å². The van der Waals surface area contributed by atoms with Crippen LogP contribution in [0.15, 0.2) is 30.3 Å². The Balaban J connectivity index is 2.49. The Morgan fingerprint density at radius 1 is 1.14 bits per heavy atom. The van der Waals surface area contributed by atoms with E-state index < -0.39 is 7.75 Å². The molecule has 0 spiro atoms. The summed E-state index contributed by atoms with van der Waals surface area (Å²) in [4.78, 5) is 14.2. The van der Waals surface area contributed by atoms with Crippen LogP contribution in [0.25, 0.3) is 0 Å². The average Bonchev–Trinajstić information content (AvgIpc) is 2.73. The Hall–Kier alpha value is -1.36. The number of nitrogens with zero attached hydrogens (tertiary/aromatic N) is 2. The highest BCUT2D eigenvalue weighted by Gasteiger charge is 2.52. The molecule has 0 aliphatic carbocycles. The second kappa shape index (κ2) is 6.82. The van der Waals surface area contributed by atoms with Gasteiger partial charge in [0.2, 0.25) is 0 Å². The molecule has 1 saturated heterocycles. The molecule has 1 aromatic rings. The smallest absolute Gasteiger partial charge is 0.322 e. The Morgan fingerprint density at radius 2 is 1.68 bits per heavy atom. The summed E-state index contributed by atoms with van der Waals surface area (Å²) >= 11 is 0. The zero-order valence-electron chi connectivity index (χ0n) is 13.4. The maximum absolute atomic E-state index is 13.1. The van der Waals surface area contributed by atoms with E-state index in [-0.39, 0.29) is 31.3 Å². The number of carbonyl (C=O) groups is 1. The molecular weight excluding hydrogens is 303 g/mol. The number of likely N-dealkylation sites (N-methyl/N-ethyl adjacent to an activating group) is 1. The van der Waals surface area contributed by atoms with Crippen molar-refractivity contribution < 1.29 is 18.4 Å². The third kappa shape index (κ3) is 2.91. The molecule has 0 aromatic heterocycles. The normalized spacial score (nSPS) is 22.5. The molecule has 0 N–H and O–H groups in total. The fourth-order valence-corrected chi connectivity index (χ4v) is 4.64. The summed E-state index contributed by atoms with van der Waals surface area (Å²) < 4.78 is 25.2. The molecule has 6 nitrogen and oxygen atoms in total. The number of carbonyl (C=O) groups excluding carboxylic acids is 1. The first-order valence-corrected chi connectivity index (χ1v) is 8.96. The van der Waals surface area contributed by atoms with Crippen molar-refractivity contribution in [1.82, 2.24) is 9.57 Å². The van der Waals surface area contributed by atoms with Crippen LogP contribution in [-0.2, 0) is 13.6 Å². The molecule has 0 bridgehead atoms. The molecule has 2 rings (SSSR count). The summed E-state index contributed by atoms with van der Waals surface area (Å²) in [6, 6.07) is 8.69. The van der Waals surface area contributed by atoms with Crippen LogP contribution < -0.4 is 0 Å². The van der Waals surface area contributed by atoms with Crippen molar-refractivity contribution in [1.29, 1.82) is 0 Å². The van der Waals surface area contributed by atoms with E-state index in [1.807, 2.05) is 37.3 Å². The van der Waals surface area contributed by atoms with E-state index in [2.05, 4.69) is 0 Å². The first kappa shape index (κ1) is 17.0. The van der Waals surface area contributed by atoms with Crippen molar-refractivity contribution in [2.45, 2.75) is 32.9 Å². The Bertz CT molecular complexity index is 556. The second-order valence-electron chi connectivity index (χ2n) is 5.14. The lowest BCUT2D eigenvalue weighted by molar-refractivity contribution is 0.161. The van der Waals surface area contributed by atoms with E-state index in [4.69, 9.17) is 9.05 Å². The molecule has 2 amide bonds. The monoisotopic (exact) mass is 326 g/mol. The van der Waals surface area contributed by atoms with Crippen LogP contribution in [0.5, 0.6) is 0 Å². The van der Waals surface area contributed by atoms with Crippen LogP contribution in [0.2, 0.25) is 0 Å². The Labute approximate surface area is 131 Å². The predicted octanol–water partition coefficient (Wildman–Crippen LogP) is 3.66. The number of hydrogen-bond donors (Lipinski definition) is 0. The van der Waals surface area contributed by atoms with Gasteiger partial charge in [-0.1, -0.05) is 30.3 Å². The van der Waals surface area contributed by atoms with Crippen LogP contribution in [-0.4, -0.2) is 41.9 Å². The van der Waals surface area contributed by atoms with Crippen LogP contribution in [0.3, 0.4) is 0 Å². The number of rotatable bonds is 6. The van der Waals surface area contributed by atoms with Gasteiger partial charge in [-0.05, 0) is 26.3 Å². The van der Waals surface area contributed by atoms with E-state index in [1.54, 1.807) is 25.8 Å². The van der Waals surface area contributed by atoms with Crippen molar-refractivity contribution in [3.05, 3.63) is 35.9 Å². The van der Waals surface area contributed by atoms with E-state index in [0.717, 1.165) is 5.56 Å². The molecule has 1 heterocycles. The Kier molecular flexibility index (Phi) is 5.27. The molecule has 1 aliphatic rings. The minimum Gasteiger partial charge on any atom is -0.322 e. The van der Waals surface area contributed by atoms with E-state index in [1.165, 1.54) is 4.67 Å². The van der Waals surface area contributed by atoms with Gasteiger partial charge in [0.1, 0.15) is 0 Å². The topological polar surface area (TPSA) is 59.1 Å². The highest BCUT2D eigenvalue weighted by molar-refractivity contribution is 7.52. The van der Waals surface area contributed by atoms with Crippen molar-refractivity contribution in [3.63, 3.8) is 0 Å². The van der Waals surface area contributed by atoms with Gasteiger partial charge in [0.05, 0.1) is 25.3 Å². The van der Waals surface area contributed by atoms with Crippen molar-refractivity contribution in [2.24, 2.45) is 0 Å². The lowest BCUT2D eigenvalue weighted by atomic mass is 10.0. The van der Waals surface area contributed by atoms with Crippen LogP contribution in [0.4, 0.5) is 4.79 Å². The standard InChI is InChI=1S/C15H23N2O4P/c1-5-20-22(19,21-6-2)17-14(12(3)16(4)15(17)18)13-10-8-7-9-11-13/h7-12,14H,5-6H2,1-4H3/t12-,14-/m0/s1. The third-order valence-electron chi connectivity index (χ3n) is 3.82. The van der Waals surface area contributed by atoms with Gasteiger partial charge in [-0.15, -0.1) is 0 Å². The molecule has 0 radical (unpaired) electrons. The van der Waals surface area contributed by atoms with Gasteiger partial charge in [0.25, 0.3) is 0 Å². The molecule has 122 valence electrons. The first-order valence-electron chi connectivity index (χ1n) is 7.46. The molecule has 2 atom stereocenters. The van der Waals surface area contributed by atoms with E-state index in [9.17, 15) is 9.36 Å². The van der Waals surface area contributed by atoms with Gasteiger partial charge >= 0.3 is 13.8 Å². The van der Waals surface area contributed by atoms with Gasteiger partial charge in [0.15, 0.2) is 0 Å². The number of hydrogen-bond acceptors (Lipinski definition) is 4. The van der Waals surface area contributed by atoms with Gasteiger partial charge in [0, 0.05) is 7.05 Å². The summed E-state index contributed by atoms with van der Waals surface area (Å²) in [7, 11) is -1.98. The van der Waals surface area contributed by atoms with Crippen molar-refractivity contribution in [3.8, 4) is 0 Å². The summed E-state index contributed by atoms with van der Waals surface area (Å²) in [5.41, 5.74) is 0.910. The lowest BCUT2D eigenvalue weighted by Crippen LogP contribution is -2.30. The van der Waals surface area contributed by atoms with E-state index in [0.29, 0.717) is 0 Å². The highest BCUT2D eigenvalue weighted by atomic mass is 31.2. The quantitative estimate of drug-likeness (QED) is 0.749. The number of urea groups is 1. The number of amides is 2. The first-order chi connectivity index (χ1) is 10.5. The summed E-state index contributed by atoms with van der Waals surface area (Å²) in [5, 5.41) is 0. The zero-order valence-corrected chi connectivity index (χ0v) is 14.3. The molecule has 1 aliphatic heterocycles. The third-order valence-corrected chi connectivity index (χ3v) is 5.94. The largest absolute Gasteiger partial charge is 0.439 e. The Morgan fingerprint density at radius 3 is 2.18 bits per heavy atom. The summed E-state index contributed by atoms with van der Waals surface area (Å²) in [6.45, 7) is 5.81. The fraction of sp³-hybridized carbons (Fsp3) is 0.533.